The van der Waals surface area contributed by atoms with Crippen LogP contribution in [-0.4, -0.2) is 29.7 Å². The van der Waals surface area contributed by atoms with Gasteiger partial charge in [0.1, 0.15) is 5.75 Å². The number of aryl methyl sites for hydroxylation is 3. The van der Waals surface area contributed by atoms with Crippen molar-refractivity contribution in [1.29, 1.82) is 0 Å². The van der Waals surface area contributed by atoms with Crippen molar-refractivity contribution in [3.63, 3.8) is 0 Å². The molecule has 0 atom stereocenters. The number of hydrazone groups is 1. The van der Waals surface area contributed by atoms with Crippen molar-refractivity contribution in [3.8, 4) is 11.4 Å². The molecule has 2 N–H and O–H groups in total. The summed E-state index contributed by atoms with van der Waals surface area (Å²) in [6.07, 6.45) is 1.54. The van der Waals surface area contributed by atoms with Gasteiger partial charge in [0, 0.05) is 28.3 Å². The summed E-state index contributed by atoms with van der Waals surface area (Å²) >= 11 is 0. The van der Waals surface area contributed by atoms with Crippen LogP contribution >= 0.6 is 0 Å². The maximum absolute atomic E-state index is 12.1. The van der Waals surface area contributed by atoms with Gasteiger partial charge in [-0.15, -0.1) is 0 Å². The van der Waals surface area contributed by atoms with Gasteiger partial charge in [-0.2, -0.15) is 5.10 Å². The molecule has 1 heterocycles. The van der Waals surface area contributed by atoms with E-state index in [-0.39, 0.29) is 0 Å². The first-order valence-electron chi connectivity index (χ1n) is 9.85. The maximum atomic E-state index is 12.1. The minimum Gasteiger partial charge on any atom is -0.497 e. The number of benzene rings is 2. The fourth-order valence-corrected chi connectivity index (χ4v) is 3.42. The van der Waals surface area contributed by atoms with Gasteiger partial charge in [-0.05, 0) is 69.7 Å². The van der Waals surface area contributed by atoms with Crippen LogP contribution in [0.3, 0.4) is 0 Å². The third-order valence-corrected chi connectivity index (χ3v) is 4.99. The molecule has 3 aromatic rings. The number of hydrogen-bond acceptors (Lipinski definition) is 4. The summed E-state index contributed by atoms with van der Waals surface area (Å²) < 4.78 is 7.21. The van der Waals surface area contributed by atoms with Gasteiger partial charge in [-0.25, -0.2) is 5.43 Å². The Kier molecular flexibility index (Phi) is 6.55. The molecule has 0 aliphatic carbocycles. The summed E-state index contributed by atoms with van der Waals surface area (Å²) in [7, 11) is 1.55. The van der Waals surface area contributed by atoms with Crippen LogP contribution in [0.1, 0.15) is 28.1 Å². The molecule has 1 aromatic heterocycles. The summed E-state index contributed by atoms with van der Waals surface area (Å²) in [6.45, 7) is 8.16. The Bertz CT molecular complexity index is 1140. The predicted octanol–water partition coefficient (Wildman–Crippen LogP) is 3.81. The summed E-state index contributed by atoms with van der Waals surface area (Å²) in [5.41, 5.74) is 9.14. The van der Waals surface area contributed by atoms with E-state index in [2.05, 4.69) is 52.5 Å². The second-order valence-corrected chi connectivity index (χ2v) is 7.33. The summed E-state index contributed by atoms with van der Waals surface area (Å²) in [5.74, 6) is -0.996. The SMILES string of the molecule is COc1ccc(NC(=O)C(=O)N/N=C\c2cc(C)n(-c3ccc(C)cc3C)c2C)cc1. The molecule has 0 spiro atoms. The lowest BCUT2D eigenvalue weighted by Gasteiger charge is -2.13. The lowest BCUT2D eigenvalue weighted by Crippen LogP contribution is -2.32. The van der Waals surface area contributed by atoms with Crippen LogP contribution in [0.15, 0.2) is 53.6 Å². The molecule has 0 saturated heterocycles. The van der Waals surface area contributed by atoms with Gasteiger partial charge in [0.2, 0.25) is 0 Å². The fraction of sp³-hybridized carbons (Fsp3) is 0.208. The molecule has 0 fully saturated rings. The van der Waals surface area contributed by atoms with Crippen molar-refractivity contribution in [2.75, 3.05) is 12.4 Å². The van der Waals surface area contributed by atoms with Gasteiger partial charge in [-0.1, -0.05) is 17.7 Å². The van der Waals surface area contributed by atoms with E-state index in [4.69, 9.17) is 4.74 Å². The van der Waals surface area contributed by atoms with Gasteiger partial charge in [-0.3, -0.25) is 9.59 Å². The Hall–Kier alpha value is -3.87. The van der Waals surface area contributed by atoms with Gasteiger partial charge < -0.3 is 14.6 Å². The van der Waals surface area contributed by atoms with E-state index in [1.165, 1.54) is 11.1 Å². The highest BCUT2D eigenvalue weighted by Crippen LogP contribution is 2.23. The summed E-state index contributed by atoms with van der Waals surface area (Å²) in [4.78, 5) is 24.1. The Morgan fingerprint density at radius 1 is 0.968 bits per heavy atom. The van der Waals surface area contributed by atoms with E-state index < -0.39 is 11.8 Å². The minimum absolute atomic E-state index is 0.488. The van der Waals surface area contributed by atoms with Gasteiger partial charge in [0.15, 0.2) is 0 Å². The lowest BCUT2D eigenvalue weighted by molar-refractivity contribution is -0.136. The standard InChI is InChI=1S/C24H26N4O3/c1-15-6-11-22(16(2)12-15)28-17(3)13-19(18(28)4)14-25-27-24(30)23(29)26-20-7-9-21(31-5)10-8-20/h6-14H,1-5H3,(H,26,29)(H,27,30)/b25-14-. The van der Waals surface area contributed by atoms with Crippen LogP contribution in [0.2, 0.25) is 0 Å². The fourth-order valence-electron chi connectivity index (χ4n) is 3.42. The number of aromatic nitrogens is 1. The highest BCUT2D eigenvalue weighted by atomic mass is 16.5. The molecule has 7 nitrogen and oxygen atoms in total. The van der Waals surface area contributed by atoms with Gasteiger partial charge >= 0.3 is 11.8 Å². The third-order valence-electron chi connectivity index (χ3n) is 4.99. The Morgan fingerprint density at radius 3 is 2.32 bits per heavy atom. The Balaban J connectivity index is 1.67. The number of anilines is 1. The number of carbonyl (C=O) groups excluding carboxylic acids is 2. The van der Waals surface area contributed by atoms with Crippen LogP contribution in [-0.2, 0) is 9.59 Å². The smallest absolute Gasteiger partial charge is 0.329 e. The molecular weight excluding hydrogens is 392 g/mol. The highest BCUT2D eigenvalue weighted by molar-refractivity contribution is 6.39. The van der Waals surface area contributed by atoms with Crippen molar-refractivity contribution < 1.29 is 14.3 Å². The van der Waals surface area contributed by atoms with E-state index in [0.29, 0.717) is 11.4 Å². The number of hydrogen-bond donors (Lipinski definition) is 2. The van der Waals surface area contributed by atoms with E-state index in [1.54, 1.807) is 37.6 Å². The number of nitrogens with zero attached hydrogens (tertiary/aromatic N) is 2. The van der Waals surface area contributed by atoms with E-state index in [9.17, 15) is 9.59 Å². The summed E-state index contributed by atoms with van der Waals surface area (Å²) in [5, 5.41) is 6.47. The first-order chi connectivity index (χ1) is 14.8. The van der Waals surface area contributed by atoms with Gasteiger partial charge in [0.05, 0.1) is 13.3 Å². The quantitative estimate of drug-likeness (QED) is 0.375. The normalized spacial score (nSPS) is 10.9. The second kappa shape index (κ2) is 9.30. The van der Waals surface area contributed by atoms with Gasteiger partial charge in [0.25, 0.3) is 0 Å². The number of carbonyl (C=O) groups is 2. The predicted molar refractivity (Wildman–Crippen MR) is 122 cm³/mol. The average molecular weight is 418 g/mol. The van der Waals surface area contributed by atoms with E-state index in [0.717, 1.165) is 22.6 Å². The second-order valence-electron chi connectivity index (χ2n) is 7.33. The van der Waals surface area contributed by atoms with Crippen LogP contribution in [0.5, 0.6) is 5.75 Å². The molecular formula is C24H26N4O3. The molecule has 2 aromatic carbocycles. The molecule has 0 unspecified atom stereocenters. The molecule has 0 aliphatic heterocycles. The minimum atomic E-state index is -0.852. The highest BCUT2D eigenvalue weighted by Gasteiger charge is 2.14. The first-order valence-corrected chi connectivity index (χ1v) is 9.85. The average Bonchev–Trinajstić information content (AvgIpc) is 3.02. The molecule has 2 amide bonds. The third kappa shape index (κ3) is 5.01. The monoisotopic (exact) mass is 418 g/mol. The topological polar surface area (TPSA) is 84.7 Å². The molecule has 0 saturated carbocycles. The van der Waals surface area contributed by atoms with Crippen LogP contribution in [0.25, 0.3) is 5.69 Å². The summed E-state index contributed by atoms with van der Waals surface area (Å²) in [6, 6.07) is 15.0. The molecule has 160 valence electrons. The van der Waals surface area contributed by atoms with Crippen LogP contribution in [0.4, 0.5) is 5.69 Å². The van der Waals surface area contributed by atoms with Crippen LogP contribution < -0.4 is 15.5 Å². The zero-order chi connectivity index (χ0) is 22.5. The van der Waals surface area contributed by atoms with E-state index in [1.807, 2.05) is 19.9 Å². The van der Waals surface area contributed by atoms with Crippen molar-refractivity contribution >= 4 is 23.7 Å². The number of nitrogens with one attached hydrogen (secondary N) is 2. The van der Waals surface area contributed by atoms with Crippen molar-refractivity contribution in [3.05, 3.63) is 76.6 Å². The number of ether oxygens (including phenoxy) is 1. The Labute approximate surface area is 181 Å². The molecule has 0 aliphatic rings. The number of methoxy groups -OCH3 is 1. The zero-order valence-corrected chi connectivity index (χ0v) is 18.3. The van der Waals surface area contributed by atoms with Crippen LogP contribution in [0, 0.1) is 27.7 Å². The van der Waals surface area contributed by atoms with Crippen molar-refractivity contribution in [1.82, 2.24) is 9.99 Å². The maximum Gasteiger partial charge on any atom is 0.329 e. The largest absolute Gasteiger partial charge is 0.497 e. The molecule has 3 rings (SSSR count). The van der Waals surface area contributed by atoms with E-state index >= 15 is 0 Å². The molecule has 31 heavy (non-hydrogen) atoms. The van der Waals surface area contributed by atoms with Crippen molar-refractivity contribution in [2.24, 2.45) is 5.10 Å². The zero-order valence-electron chi connectivity index (χ0n) is 18.3. The molecule has 7 heteroatoms. The number of rotatable bonds is 5. The molecule has 0 radical (unpaired) electrons. The lowest BCUT2D eigenvalue weighted by atomic mass is 10.1. The Morgan fingerprint density at radius 2 is 1.68 bits per heavy atom. The van der Waals surface area contributed by atoms with Crippen molar-refractivity contribution in [2.45, 2.75) is 27.7 Å². The number of amides is 2. The molecule has 0 bridgehead atoms. The first kappa shape index (κ1) is 21.8.